The van der Waals surface area contributed by atoms with Gasteiger partial charge < -0.3 is 15.6 Å². The number of rotatable bonds is 5. The Hall–Kier alpha value is -3.20. The Bertz CT molecular complexity index is 967. The van der Waals surface area contributed by atoms with Gasteiger partial charge in [-0.05, 0) is 49.4 Å². The van der Waals surface area contributed by atoms with E-state index >= 15 is 0 Å². The number of hydrogen-bond acceptors (Lipinski definition) is 6. The van der Waals surface area contributed by atoms with Gasteiger partial charge in [0.25, 0.3) is 0 Å². The highest BCUT2D eigenvalue weighted by atomic mass is 15.2. The first-order chi connectivity index (χ1) is 13.7. The predicted octanol–water partition coefficient (Wildman–Crippen LogP) is 3.35. The molecule has 2 aromatic rings. The first kappa shape index (κ1) is 18.2. The molecule has 0 bridgehead atoms. The Morgan fingerprint density at radius 1 is 1.32 bits per heavy atom. The molecule has 142 valence electrons. The van der Waals surface area contributed by atoms with Crippen molar-refractivity contribution in [2.75, 3.05) is 11.4 Å². The third-order valence-corrected chi connectivity index (χ3v) is 5.59. The highest BCUT2D eigenvalue weighted by molar-refractivity contribution is 6.08. The van der Waals surface area contributed by atoms with E-state index in [2.05, 4.69) is 32.3 Å². The molecule has 0 saturated heterocycles. The minimum atomic E-state index is 0.543. The van der Waals surface area contributed by atoms with Crippen LogP contribution in [0.15, 0.2) is 30.7 Å². The number of nitrogens with one attached hydrogen (secondary N) is 2. The smallest absolute Gasteiger partial charge is 0.131 e. The molecule has 0 radical (unpaired) electrons. The Labute approximate surface area is 165 Å². The van der Waals surface area contributed by atoms with Crippen LogP contribution in [0.2, 0.25) is 0 Å². The lowest BCUT2D eigenvalue weighted by atomic mass is 9.93. The number of allylic oxidation sites excluding steroid dienone is 1. The SMILES string of the molecule is Cc1cc(C#N)cnc1N1CCc2ncc(/C(C=N)=C/NC3CCC3)cc2C1. The molecule has 1 aliphatic carbocycles. The van der Waals surface area contributed by atoms with Crippen LogP contribution in [0.1, 0.15) is 47.2 Å². The fourth-order valence-electron chi connectivity index (χ4n) is 3.72. The van der Waals surface area contributed by atoms with Crippen molar-refractivity contribution < 1.29 is 0 Å². The normalized spacial score (nSPS) is 16.7. The zero-order valence-corrected chi connectivity index (χ0v) is 16.1. The number of hydrogen-bond donors (Lipinski definition) is 2. The van der Waals surface area contributed by atoms with E-state index in [0.29, 0.717) is 11.6 Å². The van der Waals surface area contributed by atoms with E-state index in [1.165, 1.54) is 31.0 Å². The van der Waals surface area contributed by atoms with Crippen LogP contribution < -0.4 is 10.2 Å². The second-order valence-electron chi connectivity index (χ2n) is 7.52. The lowest BCUT2D eigenvalue weighted by Gasteiger charge is -2.30. The van der Waals surface area contributed by atoms with Crippen molar-refractivity contribution >= 4 is 17.6 Å². The van der Waals surface area contributed by atoms with Gasteiger partial charge in [-0.15, -0.1) is 0 Å². The lowest BCUT2D eigenvalue weighted by Crippen LogP contribution is -2.32. The van der Waals surface area contributed by atoms with Crippen molar-refractivity contribution in [1.82, 2.24) is 15.3 Å². The van der Waals surface area contributed by atoms with E-state index in [9.17, 15) is 0 Å². The molecule has 2 N–H and O–H groups in total. The van der Waals surface area contributed by atoms with Crippen LogP contribution in [-0.2, 0) is 13.0 Å². The summed E-state index contributed by atoms with van der Waals surface area (Å²) in [6.07, 6.45) is 11.4. The summed E-state index contributed by atoms with van der Waals surface area (Å²) in [6, 6.07) is 6.72. The van der Waals surface area contributed by atoms with E-state index < -0.39 is 0 Å². The van der Waals surface area contributed by atoms with Crippen molar-refractivity contribution in [3.8, 4) is 6.07 Å². The summed E-state index contributed by atoms with van der Waals surface area (Å²) in [5.74, 6) is 0.921. The minimum Gasteiger partial charge on any atom is -0.388 e. The summed E-state index contributed by atoms with van der Waals surface area (Å²) in [7, 11) is 0. The van der Waals surface area contributed by atoms with Crippen molar-refractivity contribution in [2.24, 2.45) is 0 Å². The van der Waals surface area contributed by atoms with Crippen LogP contribution in [-0.4, -0.2) is 28.8 Å². The van der Waals surface area contributed by atoms with Gasteiger partial charge in [-0.2, -0.15) is 5.26 Å². The maximum Gasteiger partial charge on any atom is 0.131 e. The van der Waals surface area contributed by atoms with Crippen LogP contribution in [0.4, 0.5) is 5.82 Å². The molecular formula is C22H24N6. The van der Waals surface area contributed by atoms with Crippen molar-refractivity contribution in [3.63, 3.8) is 0 Å². The number of nitrogens with zero attached hydrogens (tertiary/aromatic N) is 4. The van der Waals surface area contributed by atoms with Gasteiger partial charge in [0.2, 0.25) is 0 Å². The van der Waals surface area contributed by atoms with E-state index in [4.69, 9.17) is 10.7 Å². The molecule has 2 aromatic heterocycles. The topological polar surface area (TPSA) is 88.7 Å². The molecule has 4 rings (SSSR count). The molecule has 0 unspecified atom stereocenters. The second-order valence-corrected chi connectivity index (χ2v) is 7.52. The molecule has 0 atom stereocenters. The predicted molar refractivity (Wildman–Crippen MR) is 110 cm³/mol. The highest BCUT2D eigenvalue weighted by Gasteiger charge is 2.21. The fourth-order valence-corrected chi connectivity index (χ4v) is 3.72. The number of nitriles is 1. The number of pyridine rings is 2. The summed E-state index contributed by atoms with van der Waals surface area (Å²) in [5, 5.41) is 20.3. The van der Waals surface area contributed by atoms with E-state index in [0.717, 1.165) is 47.7 Å². The van der Waals surface area contributed by atoms with Crippen LogP contribution in [0.3, 0.4) is 0 Å². The lowest BCUT2D eigenvalue weighted by molar-refractivity contribution is 0.373. The number of anilines is 1. The first-order valence-electron chi connectivity index (χ1n) is 9.74. The van der Waals surface area contributed by atoms with Crippen LogP contribution in [0.25, 0.3) is 5.57 Å². The molecular weight excluding hydrogens is 348 g/mol. The second kappa shape index (κ2) is 7.81. The van der Waals surface area contributed by atoms with Gasteiger partial charge in [0.05, 0.1) is 5.56 Å². The maximum atomic E-state index is 9.06. The number of aryl methyl sites for hydroxylation is 1. The Morgan fingerprint density at radius 3 is 2.86 bits per heavy atom. The Kier molecular flexibility index (Phi) is 5.07. The summed E-state index contributed by atoms with van der Waals surface area (Å²) in [6.45, 7) is 3.59. The van der Waals surface area contributed by atoms with E-state index in [-0.39, 0.29) is 0 Å². The van der Waals surface area contributed by atoms with Crippen LogP contribution in [0.5, 0.6) is 0 Å². The summed E-state index contributed by atoms with van der Waals surface area (Å²) in [4.78, 5) is 11.4. The van der Waals surface area contributed by atoms with Gasteiger partial charge >= 0.3 is 0 Å². The fraction of sp³-hybridized carbons (Fsp3) is 0.364. The van der Waals surface area contributed by atoms with Gasteiger partial charge in [-0.3, -0.25) is 4.98 Å². The molecule has 6 heteroatoms. The third-order valence-electron chi connectivity index (χ3n) is 5.59. The summed E-state index contributed by atoms with van der Waals surface area (Å²) >= 11 is 0. The Morgan fingerprint density at radius 2 is 2.18 bits per heavy atom. The van der Waals surface area contributed by atoms with Gasteiger partial charge in [0.15, 0.2) is 0 Å². The van der Waals surface area contributed by atoms with E-state index in [1.54, 1.807) is 6.20 Å². The molecule has 2 aliphatic rings. The molecule has 3 heterocycles. The molecule has 28 heavy (non-hydrogen) atoms. The average molecular weight is 372 g/mol. The first-order valence-corrected chi connectivity index (χ1v) is 9.74. The molecule has 1 fully saturated rings. The van der Waals surface area contributed by atoms with Crippen LogP contribution in [0, 0.1) is 23.7 Å². The van der Waals surface area contributed by atoms with Gasteiger partial charge in [-0.25, -0.2) is 4.98 Å². The number of fused-ring (bicyclic) bond motifs is 1. The largest absolute Gasteiger partial charge is 0.388 e. The van der Waals surface area contributed by atoms with Crippen molar-refractivity contribution in [1.29, 1.82) is 10.7 Å². The standard InChI is InChI=1S/C22H24N6/c1-15-7-16(9-23)11-27-22(15)28-6-5-21-18(14-28)8-17(12-26-21)19(10-24)13-25-20-3-2-4-20/h7-8,10-13,20,24-25H,2-6,14H2,1H3/b19-13+,24-10?. The minimum absolute atomic E-state index is 0.543. The molecule has 1 aliphatic heterocycles. The van der Waals surface area contributed by atoms with Gasteiger partial charge in [0, 0.05) is 67.2 Å². The van der Waals surface area contributed by atoms with Gasteiger partial charge in [-0.1, -0.05) is 0 Å². The van der Waals surface area contributed by atoms with E-state index in [1.807, 2.05) is 25.4 Å². The average Bonchev–Trinajstić information content (AvgIpc) is 2.69. The quantitative estimate of drug-likeness (QED) is 0.786. The highest BCUT2D eigenvalue weighted by Crippen LogP contribution is 2.27. The van der Waals surface area contributed by atoms with Gasteiger partial charge in [0.1, 0.15) is 11.9 Å². The zero-order chi connectivity index (χ0) is 19.5. The number of aromatic nitrogens is 2. The Balaban J connectivity index is 1.57. The monoisotopic (exact) mass is 372 g/mol. The summed E-state index contributed by atoms with van der Waals surface area (Å²) in [5.41, 5.74) is 5.70. The molecule has 6 nitrogen and oxygen atoms in total. The van der Waals surface area contributed by atoms with Crippen molar-refractivity contribution in [2.45, 2.75) is 45.2 Å². The van der Waals surface area contributed by atoms with Crippen molar-refractivity contribution in [3.05, 3.63) is 58.7 Å². The van der Waals surface area contributed by atoms with Crippen LogP contribution >= 0.6 is 0 Å². The molecule has 0 aromatic carbocycles. The molecule has 1 saturated carbocycles. The molecule has 0 amide bonds. The zero-order valence-electron chi connectivity index (χ0n) is 16.1. The third kappa shape index (κ3) is 3.61. The maximum absolute atomic E-state index is 9.06. The summed E-state index contributed by atoms with van der Waals surface area (Å²) < 4.78 is 0. The molecule has 0 spiro atoms.